The quantitative estimate of drug-likeness (QED) is 0.648. The lowest BCUT2D eigenvalue weighted by Crippen LogP contribution is -2.42. The summed E-state index contributed by atoms with van der Waals surface area (Å²) >= 11 is 12.0. The average Bonchev–Trinajstić information content (AvgIpc) is 2.65. The monoisotopic (exact) mass is 464 g/mol. The number of piperidine rings is 1. The van der Waals surface area contributed by atoms with E-state index in [0.717, 1.165) is 38.2 Å². The Labute approximate surface area is 188 Å². The highest BCUT2D eigenvalue weighted by Crippen LogP contribution is 2.28. The van der Waals surface area contributed by atoms with Crippen molar-refractivity contribution < 1.29 is 4.79 Å². The molecule has 0 spiro atoms. The van der Waals surface area contributed by atoms with Gasteiger partial charge < -0.3 is 15.5 Å². The predicted octanol–water partition coefficient (Wildman–Crippen LogP) is 5.05. The molecule has 3 rings (SSSR count). The van der Waals surface area contributed by atoms with Crippen LogP contribution in [0.2, 0.25) is 10.0 Å². The van der Waals surface area contributed by atoms with Gasteiger partial charge in [-0.05, 0) is 62.7 Å². The Morgan fingerprint density at radius 1 is 1.25 bits per heavy atom. The van der Waals surface area contributed by atoms with Crippen LogP contribution in [0.5, 0.6) is 0 Å². The number of carbonyl (C=O) groups excluding carboxylic acids is 1. The molecule has 2 heterocycles. The van der Waals surface area contributed by atoms with Crippen LogP contribution in [0.25, 0.3) is 0 Å². The van der Waals surface area contributed by atoms with Crippen molar-refractivity contribution in [3.8, 4) is 0 Å². The molecule has 9 heteroatoms. The number of likely N-dealkylation sites (tertiary alicyclic amines) is 1. The van der Waals surface area contributed by atoms with Crippen molar-refractivity contribution in [3.05, 3.63) is 52.1 Å². The number of rotatable bonds is 5. The second-order valence-corrected chi connectivity index (χ2v) is 7.28. The number of hydrogen-bond acceptors (Lipinski definition) is 4. The van der Waals surface area contributed by atoms with Crippen molar-refractivity contribution in [2.75, 3.05) is 32.0 Å². The molecule has 1 fully saturated rings. The van der Waals surface area contributed by atoms with Crippen LogP contribution in [-0.4, -0.2) is 42.5 Å². The van der Waals surface area contributed by atoms with Crippen LogP contribution in [0.15, 0.2) is 36.5 Å². The average molecular weight is 466 g/mol. The highest BCUT2D eigenvalue weighted by Gasteiger charge is 2.26. The SMILES string of the molecule is CNCC1CCCN(C(=O)c2cccnc2Nc2ccc(Cl)c(Cl)c2)C1.Cl.Cl. The van der Waals surface area contributed by atoms with Crippen molar-refractivity contribution in [3.63, 3.8) is 0 Å². The molecule has 1 aromatic heterocycles. The Morgan fingerprint density at radius 2 is 2.04 bits per heavy atom. The zero-order valence-corrected chi connectivity index (χ0v) is 18.6. The highest BCUT2D eigenvalue weighted by atomic mass is 35.5. The van der Waals surface area contributed by atoms with Gasteiger partial charge in [0, 0.05) is 25.0 Å². The molecule has 28 heavy (non-hydrogen) atoms. The van der Waals surface area contributed by atoms with E-state index in [9.17, 15) is 4.79 Å². The van der Waals surface area contributed by atoms with E-state index in [1.807, 2.05) is 11.9 Å². The van der Waals surface area contributed by atoms with Gasteiger partial charge in [-0.2, -0.15) is 0 Å². The van der Waals surface area contributed by atoms with Crippen LogP contribution in [-0.2, 0) is 0 Å². The van der Waals surface area contributed by atoms with Crippen molar-refractivity contribution in [2.24, 2.45) is 5.92 Å². The fraction of sp³-hybridized carbons (Fsp3) is 0.368. The third kappa shape index (κ3) is 6.13. The summed E-state index contributed by atoms with van der Waals surface area (Å²) in [6, 6.07) is 8.82. The Morgan fingerprint density at radius 3 is 2.75 bits per heavy atom. The number of hydrogen-bond donors (Lipinski definition) is 2. The van der Waals surface area contributed by atoms with Gasteiger partial charge in [-0.3, -0.25) is 4.79 Å². The first-order valence-corrected chi connectivity index (χ1v) is 9.45. The molecule has 1 atom stereocenters. The van der Waals surface area contributed by atoms with Gasteiger partial charge in [-0.1, -0.05) is 23.2 Å². The molecule has 2 aromatic rings. The van der Waals surface area contributed by atoms with Crippen molar-refractivity contribution in [1.29, 1.82) is 0 Å². The number of nitrogens with zero attached hydrogens (tertiary/aromatic N) is 2. The molecule has 2 N–H and O–H groups in total. The summed E-state index contributed by atoms with van der Waals surface area (Å²) in [4.78, 5) is 19.3. The summed E-state index contributed by atoms with van der Waals surface area (Å²) in [5, 5.41) is 7.32. The number of anilines is 2. The van der Waals surface area contributed by atoms with Gasteiger partial charge in [0.2, 0.25) is 0 Å². The molecule has 5 nitrogen and oxygen atoms in total. The summed E-state index contributed by atoms with van der Waals surface area (Å²) < 4.78 is 0. The van der Waals surface area contributed by atoms with E-state index in [0.29, 0.717) is 27.3 Å². The van der Waals surface area contributed by atoms with E-state index < -0.39 is 0 Å². The maximum atomic E-state index is 13.1. The third-order valence-electron chi connectivity index (χ3n) is 4.52. The van der Waals surface area contributed by atoms with Gasteiger partial charge in [-0.25, -0.2) is 4.98 Å². The lowest BCUT2D eigenvalue weighted by molar-refractivity contribution is 0.0675. The first-order valence-electron chi connectivity index (χ1n) is 8.69. The van der Waals surface area contributed by atoms with Crippen LogP contribution in [0.4, 0.5) is 11.5 Å². The van der Waals surface area contributed by atoms with Crippen LogP contribution >= 0.6 is 48.0 Å². The summed E-state index contributed by atoms with van der Waals surface area (Å²) in [6.07, 6.45) is 3.83. The molecule has 1 aromatic carbocycles. The summed E-state index contributed by atoms with van der Waals surface area (Å²) in [5.74, 6) is 1.01. The third-order valence-corrected chi connectivity index (χ3v) is 5.26. The molecule has 1 aliphatic heterocycles. The predicted molar refractivity (Wildman–Crippen MR) is 121 cm³/mol. The van der Waals surface area contributed by atoms with Gasteiger partial charge >= 0.3 is 0 Å². The maximum absolute atomic E-state index is 13.1. The lowest BCUT2D eigenvalue weighted by atomic mass is 9.97. The summed E-state index contributed by atoms with van der Waals surface area (Å²) in [5.41, 5.74) is 1.29. The molecule has 0 radical (unpaired) electrons. The standard InChI is InChI=1S/C19H22Cl2N4O.2ClH/c1-22-11-13-4-3-9-25(12-13)19(26)15-5-2-8-23-18(15)24-14-6-7-16(20)17(21)10-14;;/h2,5-8,10,13,22H,3-4,9,11-12H2,1H3,(H,23,24);2*1H. The Hall–Kier alpha value is -1.24. The Kier molecular flexibility index (Phi) is 10.4. The van der Waals surface area contributed by atoms with Crippen molar-refractivity contribution >= 4 is 65.4 Å². The van der Waals surface area contributed by atoms with Crippen LogP contribution in [0, 0.1) is 5.92 Å². The molecule has 1 aliphatic rings. The van der Waals surface area contributed by atoms with E-state index in [-0.39, 0.29) is 30.7 Å². The summed E-state index contributed by atoms with van der Waals surface area (Å²) in [7, 11) is 1.95. The molecule has 0 aliphatic carbocycles. The van der Waals surface area contributed by atoms with Gasteiger partial charge in [-0.15, -0.1) is 24.8 Å². The molecule has 0 bridgehead atoms. The number of halogens is 4. The topological polar surface area (TPSA) is 57.3 Å². The zero-order chi connectivity index (χ0) is 18.5. The number of pyridine rings is 1. The van der Waals surface area contributed by atoms with E-state index in [2.05, 4.69) is 15.6 Å². The minimum atomic E-state index is 0. The molecule has 154 valence electrons. The fourth-order valence-corrected chi connectivity index (χ4v) is 3.56. The number of carbonyl (C=O) groups is 1. The van der Waals surface area contributed by atoms with E-state index in [1.54, 1.807) is 36.5 Å². The summed E-state index contributed by atoms with van der Waals surface area (Å²) in [6.45, 7) is 2.46. The molecule has 1 unspecified atom stereocenters. The number of aromatic nitrogens is 1. The number of benzene rings is 1. The van der Waals surface area contributed by atoms with Gasteiger partial charge in [0.15, 0.2) is 0 Å². The first-order chi connectivity index (χ1) is 12.6. The van der Waals surface area contributed by atoms with Crippen molar-refractivity contribution in [1.82, 2.24) is 15.2 Å². The second-order valence-electron chi connectivity index (χ2n) is 6.47. The lowest BCUT2D eigenvalue weighted by Gasteiger charge is -2.33. The Bertz CT molecular complexity index is 788. The fourth-order valence-electron chi connectivity index (χ4n) is 3.26. The largest absolute Gasteiger partial charge is 0.340 e. The van der Waals surface area contributed by atoms with Gasteiger partial charge in [0.1, 0.15) is 5.82 Å². The normalized spacial score (nSPS) is 16.0. The van der Waals surface area contributed by atoms with E-state index >= 15 is 0 Å². The minimum absolute atomic E-state index is 0. The minimum Gasteiger partial charge on any atom is -0.340 e. The van der Waals surface area contributed by atoms with E-state index in [1.165, 1.54) is 0 Å². The smallest absolute Gasteiger partial charge is 0.257 e. The Balaban J connectivity index is 0.00000196. The number of nitrogens with one attached hydrogen (secondary N) is 2. The van der Waals surface area contributed by atoms with E-state index in [4.69, 9.17) is 23.2 Å². The molecule has 1 saturated heterocycles. The number of amides is 1. The second kappa shape index (κ2) is 11.7. The van der Waals surface area contributed by atoms with Gasteiger partial charge in [0.25, 0.3) is 5.91 Å². The molecular weight excluding hydrogens is 442 g/mol. The highest BCUT2D eigenvalue weighted by molar-refractivity contribution is 6.42. The maximum Gasteiger partial charge on any atom is 0.257 e. The molecule has 0 saturated carbocycles. The molecule has 1 amide bonds. The van der Waals surface area contributed by atoms with Gasteiger partial charge in [0.05, 0.1) is 15.6 Å². The van der Waals surface area contributed by atoms with Crippen molar-refractivity contribution in [2.45, 2.75) is 12.8 Å². The van der Waals surface area contributed by atoms with Crippen LogP contribution in [0.3, 0.4) is 0 Å². The zero-order valence-electron chi connectivity index (χ0n) is 15.5. The molecular formula is C19H24Cl4N4O. The van der Waals surface area contributed by atoms with Crippen LogP contribution < -0.4 is 10.6 Å². The first kappa shape index (κ1) is 24.8. The van der Waals surface area contributed by atoms with Crippen LogP contribution in [0.1, 0.15) is 23.2 Å².